The first-order valence-electron chi connectivity index (χ1n) is 5.40. The summed E-state index contributed by atoms with van der Waals surface area (Å²) in [6.07, 6.45) is 3.89. The maximum atomic E-state index is 11.1. The summed E-state index contributed by atoms with van der Waals surface area (Å²) in [6.45, 7) is 7.92. The van der Waals surface area contributed by atoms with Crippen LogP contribution in [-0.4, -0.2) is 23.9 Å². The van der Waals surface area contributed by atoms with Gasteiger partial charge in [-0.25, -0.2) is 4.98 Å². The van der Waals surface area contributed by atoms with Crippen molar-refractivity contribution >= 4 is 22.3 Å². The van der Waals surface area contributed by atoms with Crippen LogP contribution in [0.15, 0.2) is 6.20 Å². The monoisotopic (exact) mass is 226 g/mol. The quantitative estimate of drug-likeness (QED) is 0.699. The molecule has 0 aliphatic heterocycles. The third kappa shape index (κ3) is 3.30. The summed E-state index contributed by atoms with van der Waals surface area (Å²) in [5, 5.41) is 0.976. The number of ketones is 1. The highest BCUT2D eigenvalue weighted by atomic mass is 32.1. The number of anilines is 1. The molecule has 0 aliphatic carbocycles. The van der Waals surface area contributed by atoms with E-state index in [1.54, 1.807) is 13.1 Å². The van der Waals surface area contributed by atoms with E-state index >= 15 is 0 Å². The molecule has 3 nitrogen and oxygen atoms in total. The lowest BCUT2D eigenvalue weighted by Crippen LogP contribution is -2.24. The van der Waals surface area contributed by atoms with Crippen molar-refractivity contribution in [2.45, 2.75) is 33.6 Å². The van der Waals surface area contributed by atoms with Crippen LogP contribution in [0, 0.1) is 0 Å². The van der Waals surface area contributed by atoms with E-state index in [2.05, 4.69) is 23.7 Å². The summed E-state index contributed by atoms with van der Waals surface area (Å²) < 4.78 is 0. The maximum Gasteiger partial charge on any atom is 0.185 e. The average molecular weight is 226 g/mol. The first kappa shape index (κ1) is 12.2. The molecule has 0 unspecified atom stereocenters. The number of carbonyl (C=O) groups is 1. The Morgan fingerprint density at radius 3 is 2.40 bits per heavy atom. The van der Waals surface area contributed by atoms with Crippen LogP contribution in [0.5, 0.6) is 0 Å². The number of hydrogen-bond donors (Lipinski definition) is 0. The lowest BCUT2D eigenvalue weighted by Gasteiger charge is -2.19. The first-order valence-corrected chi connectivity index (χ1v) is 6.22. The van der Waals surface area contributed by atoms with Crippen LogP contribution < -0.4 is 4.90 Å². The fourth-order valence-corrected chi connectivity index (χ4v) is 2.28. The van der Waals surface area contributed by atoms with Gasteiger partial charge in [0.15, 0.2) is 10.9 Å². The van der Waals surface area contributed by atoms with Gasteiger partial charge in [0.1, 0.15) is 0 Å². The molecule has 0 radical (unpaired) electrons. The molecular formula is C11H18N2OS. The first-order chi connectivity index (χ1) is 7.19. The van der Waals surface area contributed by atoms with Crippen molar-refractivity contribution in [1.82, 2.24) is 4.98 Å². The maximum absolute atomic E-state index is 11.1. The minimum atomic E-state index is 0.103. The van der Waals surface area contributed by atoms with E-state index < -0.39 is 0 Å². The predicted molar refractivity (Wildman–Crippen MR) is 64.9 cm³/mol. The highest BCUT2D eigenvalue weighted by Gasteiger charge is 2.11. The van der Waals surface area contributed by atoms with Gasteiger partial charge in [0.25, 0.3) is 0 Å². The number of Topliss-reactive ketones (excluding diaryl/α,β-unsaturated/α-hetero) is 1. The summed E-state index contributed by atoms with van der Waals surface area (Å²) in [6, 6.07) is 0. The standard InChI is InChI=1S/C11H18N2OS/c1-4-6-13(7-5-2)11-12-8-10(15-11)9(3)14/h8H,4-7H2,1-3H3. The number of carbonyl (C=O) groups excluding carboxylic acids is 1. The van der Waals surface area contributed by atoms with Gasteiger partial charge < -0.3 is 4.90 Å². The van der Waals surface area contributed by atoms with Crippen LogP contribution in [0.2, 0.25) is 0 Å². The molecular weight excluding hydrogens is 208 g/mol. The predicted octanol–water partition coefficient (Wildman–Crippen LogP) is 2.97. The molecule has 1 rings (SSSR count). The zero-order chi connectivity index (χ0) is 11.3. The number of aromatic nitrogens is 1. The van der Waals surface area contributed by atoms with Crippen molar-refractivity contribution in [3.05, 3.63) is 11.1 Å². The molecule has 1 heterocycles. The Morgan fingerprint density at radius 2 is 2.00 bits per heavy atom. The second kappa shape index (κ2) is 5.85. The third-order valence-corrected chi connectivity index (χ3v) is 3.26. The molecule has 4 heteroatoms. The topological polar surface area (TPSA) is 33.2 Å². The molecule has 84 valence electrons. The highest BCUT2D eigenvalue weighted by molar-refractivity contribution is 7.17. The van der Waals surface area contributed by atoms with Crippen molar-refractivity contribution in [2.24, 2.45) is 0 Å². The fourth-order valence-electron chi connectivity index (χ4n) is 1.42. The Bertz CT molecular complexity index is 316. The van der Waals surface area contributed by atoms with Gasteiger partial charge in [-0.1, -0.05) is 25.2 Å². The Balaban J connectivity index is 2.76. The molecule has 0 amide bonds. The minimum Gasteiger partial charge on any atom is -0.348 e. The Hall–Kier alpha value is -0.900. The molecule has 0 atom stereocenters. The molecule has 0 saturated heterocycles. The van der Waals surface area contributed by atoms with E-state index in [-0.39, 0.29) is 5.78 Å². The Morgan fingerprint density at radius 1 is 1.40 bits per heavy atom. The highest BCUT2D eigenvalue weighted by Crippen LogP contribution is 2.23. The van der Waals surface area contributed by atoms with E-state index in [1.807, 2.05) is 0 Å². The Kier molecular flexibility index (Phi) is 4.75. The summed E-state index contributed by atoms with van der Waals surface area (Å²) >= 11 is 1.49. The van der Waals surface area contributed by atoms with Crippen LogP contribution in [0.1, 0.15) is 43.3 Å². The van der Waals surface area contributed by atoms with Gasteiger partial charge in [-0.05, 0) is 12.8 Å². The van der Waals surface area contributed by atoms with Crippen molar-refractivity contribution < 1.29 is 4.79 Å². The van der Waals surface area contributed by atoms with E-state index in [0.717, 1.165) is 35.9 Å². The zero-order valence-electron chi connectivity index (χ0n) is 9.62. The van der Waals surface area contributed by atoms with Gasteiger partial charge >= 0.3 is 0 Å². The molecule has 1 aromatic rings. The minimum absolute atomic E-state index is 0.103. The molecule has 0 fully saturated rings. The lowest BCUT2D eigenvalue weighted by molar-refractivity contribution is 0.102. The lowest BCUT2D eigenvalue weighted by atomic mass is 10.4. The molecule has 0 spiro atoms. The molecule has 0 bridgehead atoms. The summed E-state index contributed by atoms with van der Waals surface area (Å²) in [5.41, 5.74) is 0. The molecule has 0 N–H and O–H groups in total. The van der Waals surface area contributed by atoms with Crippen molar-refractivity contribution in [2.75, 3.05) is 18.0 Å². The van der Waals surface area contributed by atoms with Gasteiger partial charge in [0.2, 0.25) is 0 Å². The van der Waals surface area contributed by atoms with Gasteiger partial charge in [0, 0.05) is 20.0 Å². The number of nitrogens with zero attached hydrogens (tertiary/aromatic N) is 2. The van der Waals surface area contributed by atoms with Crippen LogP contribution in [0.4, 0.5) is 5.13 Å². The SMILES string of the molecule is CCCN(CCC)c1ncc(C(C)=O)s1. The smallest absolute Gasteiger partial charge is 0.185 e. The van der Waals surface area contributed by atoms with Crippen molar-refractivity contribution in [3.8, 4) is 0 Å². The van der Waals surface area contributed by atoms with E-state index in [9.17, 15) is 4.79 Å². The largest absolute Gasteiger partial charge is 0.348 e. The van der Waals surface area contributed by atoms with Crippen LogP contribution in [0.3, 0.4) is 0 Å². The van der Waals surface area contributed by atoms with E-state index in [4.69, 9.17) is 0 Å². The molecule has 15 heavy (non-hydrogen) atoms. The summed E-state index contributed by atoms with van der Waals surface area (Å²) in [4.78, 5) is 18.4. The van der Waals surface area contributed by atoms with Crippen molar-refractivity contribution in [1.29, 1.82) is 0 Å². The average Bonchev–Trinajstić information content (AvgIpc) is 2.66. The third-order valence-electron chi connectivity index (χ3n) is 2.10. The number of rotatable bonds is 6. The van der Waals surface area contributed by atoms with Gasteiger partial charge in [0.05, 0.1) is 11.1 Å². The molecule has 1 aromatic heterocycles. The van der Waals surface area contributed by atoms with Gasteiger partial charge in [-0.2, -0.15) is 0 Å². The normalized spacial score (nSPS) is 10.3. The molecule has 0 aromatic carbocycles. The summed E-state index contributed by atoms with van der Waals surface area (Å²) in [5.74, 6) is 0.103. The van der Waals surface area contributed by atoms with E-state index in [0.29, 0.717) is 0 Å². The number of hydrogen-bond acceptors (Lipinski definition) is 4. The Labute approximate surface area is 95.1 Å². The zero-order valence-corrected chi connectivity index (χ0v) is 10.4. The molecule has 0 aliphatic rings. The van der Waals surface area contributed by atoms with Gasteiger partial charge in [-0.3, -0.25) is 4.79 Å². The fraction of sp³-hybridized carbons (Fsp3) is 0.636. The van der Waals surface area contributed by atoms with Gasteiger partial charge in [-0.15, -0.1) is 0 Å². The van der Waals surface area contributed by atoms with Crippen LogP contribution in [0.25, 0.3) is 0 Å². The second-order valence-corrected chi connectivity index (χ2v) is 4.56. The number of thiazole rings is 1. The van der Waals surface area contributed by atoms with Crippen molar-refractivity contribution in [3.63, 3.8) is 0 Å². The second-order valence-electron chi connectivity index (χ2n) is 3.55. The molecule has 0 saturated carbocycles. The summed E-state index contributed by atoms with van der Waals surface area (Å²) in [7, 11) is 0. The van der Waals surface area contributed by atoms with E-state index in [1.165, 1.54) is 11.3 Å². The van der Waals surface area contributed by atoms with Crippen LogP contribution >= 0.6 is 11.3 Å². The van der Waals surface area contributed by atoms with Crippen LogP contribution in [-0.2, 0) is 0 Å².